The van der Waals surface area contributed by atoms with Crippen LogP contribution in [0.15, 0.2) is 23.6 Å². The molecule has 0 atom stereocenters. The second-order valence-corrected chi connectivity index (χ2v) is 3.13. The third kappa shape index (κ3) is 2.77. The van der Waals surface area contributed by atoms with Crippen LogP contribution in [-0.2, 0) is 0 Å². The van der Waals surface area contributed by atoms with Crippen LogP contribution in [0.3, 0.4) is 0 Å². The Morgan fingerprint density at radius 3 is 2.80 bits per heavy atom. The van der Waals surface area contributed by atoms with E-state index < -0.39 is 0 Å². The zero-order chi connectivity index (χ0) is 11.3. The summed E-state index contributed by atoms with van der Waals surface area (Å²) in [5, 5.41) is 2.91. The fourth-order valence-electron chi connectivity index (χ4n) is 1.05. The number of hydrogen-bond donors (Lipinski definition) is 0. The van der Waals surface area contributed by atoms with Gasteiger partial charge in [0.2, 0.25) is 5.88 Å². The van der Waals surface area contributed by atoms with Gasteiger partial charge in [0.05, 0.1) is 7.11 Å². The second kappa shape index (κ2) is 5.09. The summed E-state index contributed by atoms with van der Waals surface area (Å²) in [7, 11) is 5.24. The highest BCUT2D eigenvalue weighted by Crippen LogP contribution is 2.29. The van der Waals surface area contributed by atoms with Crippen molar-refractivity contribution in [1.29, 1.82) is 0 Å². The molecule has 0 aliphatic rings. The maximum absolute atomic E-state index is 10.6. The van der Waals surface area contributed by atoms with Crippen molar-refractivity contribution in [3.8, 4) is 5.88 Å². The van der Waals surface area contributed by atoms with Gasteiger partial charge in [-0.25, -0.2) is 4.98 Å². The Labute approximate surface area is 88.4 Å². The first-order valence-corrected chi connectivity index (χ1v) is 4.40. The van der Waals surface area contributed by atoms with E-state index in [0.29, 0.717) is 5.56 Å². The number of hydrogen-bond acceptors (Lipinski definition) is 5. The summed E-state index contributed by atoms with van der Waals surface area (Å²) in [6.45, 7) is 0. The van der Waals surface area contributed by atoms with Crippen molar-refractivity contribution in [2.24, 2.45) is 5.18 Å². The molecule has 0 saturated carbocycles. The molecule has 5 nitrogen and oxygen atoms in total. The smallest absolute Gasteiger partial charge is 0.243 e. The molecular formula is C10H13N3O2. The maximum atomic E-state index is 10.6. The summed E-state index contributed by atoms with van der Waals surface area (Å²) in [6.07, 6.45) is 5.17. The lowest BCUT2D eigenvalue weighted by atomic mass is 10.2. The van der Waals surface area contributed by atoms with Crippen molar-refractivity contribution < 1.29 is 4.74 Å². The molecule has 5 heteroatoms. The number of aromatic nitrogens is 1. The third-order valence-electron chi connectivity index (χ3n) is 1.76. The third-order valence-corrected chi connectivity index (χ3v) is 1.76. The van der Waals surface area contributed by atoms with Crippen molar-refractivity contribution in [3.05, 3.63) is 28.9 Å². The van der Waals surface area contributed by atoms with E-state index >= 15 is 0 Å². The lowest BCUT2D eigenvalue weighted by Gasteiger charge is -2.05. The number of pyridine rings is 1. The minimum atomic E-state index is 0.220. The lowest BCUT2D eigenvalue weighted by Crippen LogP contribution is -1.99. The van der Waals surface area contributed by atoms with E-state index in [2.05, 4.69) is 10.2 Å². The average molecular weight is 207 g/mol. The summed E-state index contributed by atoms with van der Waals surface area (Å²) in [5.41, 5.74) is 0.906. The fraction of sp³-hybridized carbons (Fsp3) is 0.300. The van der Waals surface area contributed by atoms with Crippen LogP contribution in [0.4, 0.5) is 5.69 Å². The van der Waals surface area contributed by atoms with Crippen molar-refractivity contribution in [1.82, 2.24) is 9.88 Å². The van der Waals surface area contributed by atoms with Gasteiger partial charge in [0.1, 0.15) is 0 Å². The van der Waals surface area contributed by atoms with Crippen LogP contribution in [0.5, 0.6) is 5.88 Å². The van der Waals surface area contributed by atoms with E-state index in [1.54, 1.807) is 18.3 Å². The van der Waals surface area contributed by atoms with Crippen molar-refractivity contribution in [3.63, 3.8) is 0 Å². The molecule has 0 aromatic carbocycles. The minimum absolute atomic E-state index is 0.220. The highest BCUT2D eigenvalue weighted by Gasteiger charge is 2.08. The van der Waals surface area contributed by atoms with Crippen LogP contribution in [0.25, 0.3) is 6.08 Å². The number of rotatable bonds is 4. The van der Waals surface area contributed by atoms with E-state index in [9.17, 15) is 4.91 Å². The summed E-state index contributed by atoms with van der Waals surface area (Å²) in [5.74, 6) is 0.242. The monoisotopic (exact) mass is 207 g/mol. The lowest BCUT2D eigenvalue weighted by molar-refractivity contribution is 0.399. The molecule has 1 aromatic rings. The largest absolute Gasteiger partial charge is 0.479 e. The van der Waals surface area contributed by atoms with Crippen molar-refractivity contribution >= 4 is 11.8 Å². The Morgan fingerprint density at radius 1 is 1.53 bits per heavy atom. The molecule has 1 rings (SSSR count). The van der Waals surface area contributed by atoms with Gasteiger partial charge < -0.3 is 9.64 Å². The van der Waals surface area contributed by atoms with Gasteiger partial charge in [-0.3, -0.25) is 0 Å². The van der Waals surface area contributed by atoms with E-state index in [1.165, 1.54) is 7.11 Å². The molecule has 80 valence electrons. The molecule has 1 heterocycles. The minimum Gasteiger partial charge on any atom is -0.479 e. The van der Waals surface area contributed by atoms with E-state index in [1.807, 2.05) is 25.2 Å². The van der Waals surface area contributed by atoms with Crippen LogP contribution >= 0.6 is 0 Å². The summed E-state index contributed by atoms with van der Waals surface area (Å²) in [4.78, 5) is 16.4. The highest BCUT2D eigenvalue weighted by atomic mass is 16.5. The van der Waals surface area contributed by atoms with Crippen LogP contribution in [0, 0.1) is 4.91 Å². The molecule has 0 unspecified atom stereocenters. The average Bonchev–Trinajstić information content (AvgIpc) is 2.25. The fourth-order valence-corrected chi connectivity index (χ4v) is 1.05. The Bertz CT molecular complexity index is 375. The Balaban J connectivity index is 3.11. The number of nitrogens with zero attached hydrogens (tertiary/aromatic N) is 3. The molecule has 15 heavy (non-hydrogen) atoms. The molecule has 1 aromatic heterocycles. The van der Waals surface area contributed by atoms with Gasteiger partial charge in [0, 0.05) is 25.9 Å². The SMILES string of the molecule is COc1nccc(/C=C/N(C)C)c1N=O. The normalized spacial score (nSPS) is 10.3. The van der Waals surface area contributed by atoms with Gasteiger partial charge in [-0.2, -0.15) is 0 Å². The molecule has 0 spiro atoms. The van der Waals surface area contributed by atoms with Gasteiger partial charge in [0.25, 0.3) is 0 Å². The van der Waals surface area contributed by atoms with Crippen LogP contribution < -0.4 is 4.74 Å². The quantitative estimate of drug-likeness (QED) is 0.709. The van der Waals surface area contributed by atoms with E-state index in [-0.39, 0.29) is 11.6 Å². The Morgan fingerprint density at radius 2 is 2.27 bits per heavy atom. The first kappa shape index (κ1) is 11.2. The zero-order valence-corrected chi connectivity index (χ0v) is 8.97. The summed E-state index contributed by atoms with van der Waals surface area (Å²) >= 11 is 0. The molecule has 0 amide bonds. The number of methoxy groups -OCH3 is 1. The molecular weight excluding hydrogens is 194 g/mol. The summed E-state index contributed by atoms with van der Waals surface area (Å²) < 4.78 is 4.93. The van der Waals surface area contributed by atoms with Gasteiger partial charge in [-0.1, -0.05) is 0 Å². The molecule has 0 fully saturated rings. The topological polar surface area (TPSA) is 54.8 Å². The van der Waals surface area contributed by atoms with Crippen molar-refractivity contribution in [2.45, 2.75) is 0 Å². The van der Waals surface area contributed by atoms with E-state index in [0.717, 1.165) is 0 Å². The predicted molar refractivity (Wildman–Crippen MR) is 59.0 cm³/mol. The Kier molecular flexibility index (Phi) is 3.79. The molecule has 0 aliphatic heterocycles. The van der Waals surface area contributed by atoms with Crippen LogP contribution in [-0.4, -0.2) is 31.1 Å². The summed E-state index contributed by atoms with van der Waals surface area (Å²) in [6, 6.07) is 1.71. The Hall–Kier alpha value is -1.91. The molecule has 0 radical (unpaired) electrons. The predicted octanol–water partition coefficient (Wildman–Crippen LogP) is 2.02. The standard InChI is InChI=1S/C10H13N3O2/c1-13(2)7-5-8-4-6-11-10(15-3)9(8)12-14/h4-7H,1-3H3/b7-5+. The molecule has 0 aliphatic carbocycles. The van der Waals surface area contributed by atoms with Gasteiger partial charge in [-0.15, -0.1) is 4.91 Å². The van der Waals surface area contributed by atoms with Gasteiger partial charge in [0.15, 0.2) is 5.69 Å². The second-order valence-electron chi connectivity index (χ2n) is 3.13. The van der Waals surface area contributed by atoms with Crippen LogP contribution in [0.1, 0.15) is 5.56 Å². The first-order valence-electron chi connectivity index (χ1n) is 4.40. The van der Waals surface area contributed by atoms with Crippen LogP contribution in [0.2, 0.25) is 0 Å². The molecule has 0 saturated heterocycles. The van der Waals surface area contributed by atoms with Gasteiger partial charge >= 0.3 is 0 Å². The maximum Gasteiger partial charge on any atom is 0.243 e. The number of ether oxygens (including phenoxy) is 1. The molecule has 0 N–H and O–H groups in total. The highest BCUT2D eigenvalue weighted by molar-refractivity contribution is 5.67. The first-order chi connectivity index (χ1) is 7.19. The van der Waals surface area contributed by atoms with E-state index in [4.69, 9.17) is 4.74 Å². The number of nitroso groups, excluding NO2 is 1. The van der Waals surface area contributed by atoms with Gasteiger partial charge in [-0.05, 0) is 23.5 Å². The zero-order valence-electron chi connectivity index (χ0n) is 8.97. The van der Waals surface area contributed by atoms with Crippen molar-refractivity contribution in [2.75, 3.05) is 21.2 Å². The molecule has 0 bridgehead atoms.